The highest BCUT2D eigenvalue weighted by Gasteiger charge is 2.48. The van der Waals surface area contributed by atoms with E-state index in [0.29, 0.717) is 35.1 Å². The lowest BCUT2D eigenvalue weighted by molar-refractivity contribution is -0.120. The number of nitrogens with one attached hydrogen (secondary N) is 3. The van der Waals surface area contributed by atoms with Crippen LogP contribution in [0.3, 0.4) is 0 Å². The van der Waals surface area contributed by atoms with Crippen LogP contribution < -0.4 is 20.9 Å². The number of rotatable bonds is 5. The maximum atomic E-state index is 13.0. The van der Waals surface area contributed by atoms with Crippen molar-refractivity contribution in [3.8, 4) is 0 Å². The average molecular weight is 461 g/mol. The van der Waals surface area contributed by atoms with Gasteiger partial charge in [0.25, 0.3) is 5.91 Å². The second-order valence-electron chi connectivity index (χ2n) is 8.83. The highest BCUT2D eigenvalue weighted by atomic mass is 19.1. The highest BCUT2D eigenvalue weighted by Crippen LogP contribution is 2.42. The lowest BCUT2D eigenvalue weighted by Crippen LogP contribution is -2.54. The number of halogens is 1. The average Bonchev–Trinajstić information content (AvgIpc) is 3.23. The van der Waals surface area contributed by atoms with Crippen LogP contribution in [-0.4, -0.2) is 33.9 Å². The van der Waals surface area contributed by atoms with Gasteiger partial charge in [0.1, 0.15) is 17.0 Å². The molecule has 3 heterocycles. The summed E-state index contributed by atoms with van der Waals surface area (Å²) in [5, 5.41) is 9.06. The molecule has 1 aromatic heterocycles. The number of aromatic nitrogens is 2. The molecule has 1 saturated heterocycles. The van der Waals surface area contributed by atoms with E-state index >= 15 is 0 Å². The molecule has 3 aromatic rings. The third kappa shape index (κ3) is 3.93. The van der Waals surface area contributed by atoms with E-state index in [1.807, 2.05) is 38.1 Å². The first kappa shape index (κ1) is 21.8. The van der Waals surface area contributed by atoms with Gasteiger partial charge in [-0.15, -0.1) is 0 Å². The summed E-state index contributed by atoms with van der Waals surface area (Å²) in [5.41, 5.74) is 2.84. The molecule has 0 spiro atoms. The minimum Gasteiger partial charge on any atom is -0.350 e. The molecule has 2 aromatic carbocycles. The summed E-state index contributed by atoms with van der Waals surface area (Å²) in [6, 6.07) is 12.8. The zero-order valence-electron chi connectivity index (χ0n) is 19.0. The summed E-state index contributed by atoms with van der Waals surface area (Å²) in [7, 11) is 0. The highest BCUT2D eigenvalue weighted by molar-refractivity contribution is 6.06. The van der Waals surface area contributed by atoms with Crippen LogP contribution in [0.5, 0.6) is 0 Å². The van der Waals surface area contributed by atoms with Gasteiger partial charge in [0, 0.05) is 24.3 Å². The Bertz CT molecular complexity index is 1260. The van der Waals surface area contributed by atoms with Gasteiger partial charge in [0.2, 0.25) is 11.9 Å². The van der Waals surface area contributed by atoms with Crippen molar-refractivity contribution in [1.29, 1.82) is 0 Å². The van der Waals surface area contributed by atoms with Crippen LogP contribution in [-0.2, 0) is 11.3 Å². The van der Waals surface area contributed by atoms with Crippen LogP contribution in [0.4, 0.5) is 27.5 Å². The largest absolute Gasteiger partial charge is 0.350 e. The van der Waals surface area contributed by atoms with Gasteiger partial charge in [0.15, 0.2) is 5.82 Å². The number of benzene rings is 2. The molecule has 9 heteroatoms. The molecule has 8 nitrogen and oxygen atoms in total. The number of anilines is 4. The SMILES string of the molecule is Cc1nc(NCc2ccc(NC(=O)c3ccc(F)cc3)cc2)nc2c1NC(=O)[C@@]1(C)CCCN21. The zero-order valence-corrected chi connectivity index (χ0v) is 19.0. The fraction of sp³-hybridized carbons (Fsp3) is 0.280. The van der Waals surface area contributed by atoms with Crippen LogP contribution in [0.2, 0.25) is 0 Å². The Morgan fingerprint density at radius 3 is 2.62 bits per heavy atom. The predicted octanol–water partition coefficient (Wildman–Crippen LogP) is 4.10. The minimum atomic E-state index is -0.570. The van der Waals surface area contributed by atoms with Gasteiger partial charge in [-0.1, -0.05) is 12.1 Å². The third-order valence-electron chi connectivity index (χ3n) is 6.46. The number of carbonyl (C=O) groups is 2. The van der Waals surface area contributed by atoms with E-state index in [2.05, 4.69) is 25.8 Å². The standard InChI is InChI=1S/C25H25FN6O2/c1-15-20-21(32-13-3-12-25(32,2)23(34)30-20)31-24(28-15)27-14-16-4-10-19(11-5-16)29-22(33)17-6-8-18(26)9-7-17/h4-11H,3,12-14H2,1-2H3,(H,29,33)(H,30,34)(H,27,28,31)/t25-/m1/s1. The van der Waals surface area contributed by atoms with Crippen LogP contribution in [0.1, 0.15) is 41.4 Å². The van der Waals surface area contributed by atoms with Crippen molar-refractivity contribution in [2.24, 2.45) is 0 Å². The van der Waals surface area contributed by atoms with E-state index in [1.54, 1.807) is 0 Å². The van der Waals surface area contributed by atoms with E-state index in [-0.39, 0.29) is 17.6 Å². The fourth-order valence-corrected chi connectivity index (χ4v) is 4.46. The maximum Gasteiger partial charge on any atom is 0.255 e. The van der Waals surface area contributed by atoms with Gasteiger partial charge in [-0.05, 0) is 68.7 Å². The van der Waals surface area contributed by atoms with Gasteiger partial charge in [-0.25, -0.2) is 9.37 Å². The van der Waals surface area contributed by atoms with Gasteiger partial charge in [0.05, 0.1) is 5.69 Å². The Morgan fingerprint density at radius 1 is 1.15 bits per heavy atom. The summed E-state index contributed by atoms with van der Waals surface area (Å²) < 4.78 is 13.0. The molecule has 1 fully saturated rings. The molecule has 2 aliphatic heterocycles. The number of carbonyl (C=O) groups excluding carboxylic acids is 2. The minimum absolute atomic E-state index is 0.00322. The first-order chi connectivity index (χ1) is 16.3. The van der Waals surface area contributed by atoms with Crippen LogP contribution >= 0.6 is 0 Å². The molecule has 0 saturated carbocycles. The lowest BCUT2D eigenvalue weighted by atomic mass is 9.95. The molecule has 3 N–H and O–H groups in total. The molecule has 0 radical (unpaired) electrons. The molecular weight excluding hydrogens is 435 g/mol. The van der Waals surface area contributed by atoms with Crippen LogP contribution in [0.25, 0.3) is 0 Å². The fourth-order valence-electron chi connectivity index (χ4n) is 4.46. The molecule has 34 heavy (non-hydrogen) atoms. The van der Waals surface area contributed by atoms with Crippen molar-refractivity contribution in [2.75, 3.05) is 27.4 Å². The maximum absolute atomic E-state index is 13.0. The molecule has 0 aliphatic carbocycles. The number of hydrogen-bond donors (Lipinski definition) is 3. The number of nitrogens with zero attached hydrogens (tertiary/aromatic N) is 3. The summed E-state index contributed by atoms with van der Waals surface area (Å²) >= 11 is 0. The Morgan fingerprint density at radius 2 is 1.88 bits per heavy atom. The molecule has 1 atom stereocenters. The normalized spacial score (nSPS) is 18.7. The van der Waals surface area contributed by atoms with Crippen molar-refractivity contribution in [1.82, 2.24) is 9.97 Å². The topological polar surface area (TPSA) is 99.2 Å². The Kier molecular flexibility index (Phi) is 5.39. The monoisotopic (exact) mass is 460 g/mol. The molecule has 2 aliphatic rings. The summed E-state index contributed by atoms with van der Waals surface area (Å²) in [5.74, 6) is 0.566. The van der Waals surface area contributed by atoms with Crippen molar-refractivity contribution in [2.45, 2.75) is 38.8 Å². The number of hydrogen-bond acceptors (Lipinski definition) is 6. The van der Waals surface area contributed by atoms with Gasteiger partial charge in [-0.3, -0.25) is 9.59 Å². The molecule has 0 bridgehead atoms. The second-order valence-corrected chi connectivity index (χ2v) is 8.83. The van der Waals surface area contributed by atoms with Crippen molar-refractivity contribution < 1.29 is 14.0 Å². The van der Waals surface area contributed by atoms with E-state index in [9.17, 15) is 14.0 Å². The smallest absolute Gasteiger partial charge is 0.255 e. The summed E-state index contributed by atoms with van der Waals surface area (Å²) in [4.78, 5) is 36.2. The number of amides is 2. The first-order valence-electron chi connectivity index (χ1n) is 11.2. The van der Waals surface area contributed by atoms with Gasteiger partial charge in [-0.2, -0.15) is 4.98 Å². The van der Waals surface area contributed by atoms with E-state index in [4.69, 9.17) is 4.98 Å². The molecule has 5 rings (SSSR count). The summed E-state index contributed by atoms with van der Waals surface area (Å²) in [6.07, 6.45) is 1.74. The molecular formula is C25H25FN6O2. The van der Waals surface area contributed by atoms with E-state index < -0.39 is 5.54 Å². The quantitative estimate of drug-likeness (QED) is 0.530. The first-order valence-corrected chi connectivity index (χ1v) is 11.2. The second kappa shape index (κ2) is 8.40. The Balaban J connectivity index is 1.26. The summed E-state index contributed by atoms with van der Waals surface area (Å²) in [6.45, 7) is 5.11. The van der Waals surface area contributed by atoms with E-state index in [0.717, 1.165) is 30.8 Å². The Labute approximate surface area is 196 Å². The lowest BCUT2D eigenvalue weighted by Gasteiger charge is -2.40. The predicted molar refractivity (Wildman–Crippen MR) is 129 cm³/mol. The molecule has 2 amide bonds. The number of aryl methyl sites for hydroxylation is 1. The van der Waals surface area contributed by atoms with Crippen molar-refractivity contribution in [3.63, 3.8) is 0 Å². The van der Waals surface area contributed by atoms with E-state index in [1.165, 1.54) is 24.3 Å². The zero-order chi connectivity index (χ0) is 23.9. The van der Waals surface area contributed by atoms with Crippen molar-refractivity contribution >= 4 is 35.0 Å². The molecule has 174 valence electrons. The van der Waals surface area contributed by atoms with Crippen LogP contribution in [0.15, 0.2) is 48.5 Å². The van der Waals surface area contributed by atoms with Gasteiger partial charge < -0.3 is 20.9 Å². The number of fused-ring (bicyclic) bond motifs is 3. The third-order valence-corrected chi connectivity index (χ3v) is 6.46. The molecule has 0 unspecified atom stereocenters. The Hall–Kier alpha value is -4.01. The van der Waals surface area contributed by atoms with Crippen LogP contribution in [0, 0.1) is 12.7 Å². The van der Waals surface area contributed by atoms with Crippen molar-refractivity contribution in [3.05, 3.63) is 71.2 Å². The van der Waals surface area contributed by atoms with Gasteiger partial charge >= 0.3 is 0 Å².